The Labute approximate surface area is 62.9 Å². The van der Waals surface area contributed by atoms with E-state index in [9.17, 15) is 0 Å². The van der Waals surface area contributed by atoms with Crippen molar-refractivity contribution in [3.63, 3.8) is 0 Å². The van der Waals surface area contributed by atoms with Gasteiger partial charge in [0.15, 0.2) is 0 Å². The van der Waals surface area contributed by atoms with Gasteiger partial charge in [-0.25, -0.2) is 0 Å². The highest BCUT2D eigenvalue weighted by molar-refractivity contribution is 5.28. The van der Waals surface area contributed by atoms with Crippen LogP contribution in [-0.4, -0.2) is 0 Å². The van der Waals surface area contributed by atoms with Crippen molar-refractivity contribution in [3.05, 3.63) is 36.5 Å². The molecule has 1 aliphatic carbocycles. The number of rotatable bonds is 3. The van der Waals surface area contributed by atoms with Gasteiger partial charge in [0.05, 0.1) is 0 Å². The third-order valence-corrected chi connectivity index (χ3v) is 1.89. The van der Waals surface area contributed by atoms with E-state index in [4.69, 9.17) is 0 Å². The van der Waals surface area contributed by atoms with Crippen LogP contribution in [0.1, 0.15) is 19.8 Å². The summed E-state index contributed by atoms with van der Waals surface area (Å²) >= 11 is 0. The molecule has 0 amide bonds. The molecule has 0 aliphatic heterocycles. The molecule has 1 unspecified atom stereocenters. The molecule has 1 atom stereocenters. The van der Waals surface area contributed by atoms with Crippen molar-refractivity contribution in [3.8, 4) is 0 Å². The first-order valence-electron chi connectivity index (χ1n) is 3.82. The minimum atomic E-state index is 0.663. The predicted octanol–water partition coefficient (Wildman–Crippen LogP) is 3.08. The summed E-state index contributed by atoms with van der Waals surface area (Å²) in [6.45, 7) is 5.96. The van der Waals surface area contributed by atoms with E-state index in [2.05, 4.69) is 31.7 Å². The molecule has 0 saturated carbocycles. The quantitative estimate of drug-likeness (QED) is 0.520. The molecule has 0 fully saturated rings. The predicted molar refractivity (Wildman–Crippen MR) is 45.8 cm³/mol. The lowest BCUT2D eigenvalue weighted by atomic mass is 9.99. The van der Waals surface area contributed by atoms with E-state index in [-0.39, 0.29) is 0 Å². The second-order valence-corrected chi connectivity index (χ2v) is 2.77. The Bertz CT molecular complexity index is 172. The molecule has 0 N–H and O–H groups in total. The zero-order valence-electron chi connectivity index (χ0n) is 6.51. The highest BCUT2D eigenvalue weighted by Crippen LogP contribution is 2.20. The molecule has 0 aromatic rings. The van der Waals surface area contributed by atoms with Crippen molar-refractivity contribution in [1.82, 2.24) is 0 Å². The SMILES string of the molecule is C=CCC(C)C1=CCC=C1. The third-order valence-electron chi connectivity index (χ3n) is 1.89. The summed E-state index contributed by atoms with van der Waals surface area (Å²) in [6, 6.07) is 0. The van der Waals surface area contributed by atoms with E-state index in [0.29, 0.717) is 5.92 Å². The van der Waals surface area contributed by atoms with Crippen LogP contribution in [-0.2, 0) is 0 Å². The van der Waals surface area contributed by atoms with Crippen molar-refractivity contribution < 1.29 is 0 Å². The largest absolute Gasteiger partial charge is 0.103 e. The van der Waals surface area contributed by atoms with Crippen molar-refractivity contribution in [2.75, 3.05) is 0 Å². The fourth-order valence-corrected chi connectivity index (χ4v) is 1.23. The minimum absolute atomic E-state index is 0.663. The van der Waals surface area contributed by atoms with E-state index < -0.39 is 0 Å². The minimum Gasteiger partial charge on any atom is -0.103 e. The maximum atomic E-state index is 3.72. The first kappa shape index (κ1) is 7.33. The maximum Gasteiger partial charge on any atom is -0.0159 e. The zero-order chi connectivity index (χ0) is 7.40. The molecule has 0 saturated heterocycles. The summed E-state index contributed by atoms with van der Waals surface area (Å²) < 4.78 is 0. The van der Waals surface area contributed by atoms with Gasteiger partial charge in [-0.1, -0.05) is 31.2 Å². The molecule has 54 valence electrons. The summed E-state index contributed by atoms with van der Waals surface area (Å²) in [6.07, 6.45) is 10.9. The van der Waals surface area contributed by atoms with Crippen molar-refractivity contribution in [2.24, 2.45) is 5.92 Å². The van der Waals surface area contributed by atoms with Crippen LogP contribution in [0.3, 0.4) is 0 Å². The Morgan fingerprint density at radius 3 is 3.10 bits per heavy atom. The van der Waals surface area contributed by atoms with Gasteiger partial charge in [-0.2, -0.15) is 0 Å². The molecule has 1 aliphatic rings. The molecular weight excluding hydrogens is 120 g/mol. The van der Waals surface area contributed by atoms with Gasteiger partial charge in [0, 0.05) is 0 Å². The average Bonchev–Trinajstić information content (AvgIpc) is 2.38. The van der Waals surface area contributed by atoms with Crippen LogP contribution in [0.4, 0.5) is 0 Å². The van der Waals surface area contributed by atoms with Crippen LogP contribution < -0.4 is 0 Å². The normalized spacial score (nSPS) is 18.7. The monoisotopic (exact) mass is 134 g/mol. The Morgan fingerprint density at radius 1 is 1.80 bits per heavy atom. The number of allylic oxidation sites excluding steroid dienone is 5. The summed E-state index contributed by atoms with van der Waals surface area (Å²) in [5, 5.41) is 0. The first-order valence-corrected chi connectivity index (χ1v) is 3.82. The first-order chi connectivity index (χ1) is 4.84. The lowest BCUT2D eigenvalue weighted by Gasteiger charge is -2.06. The lowest BCUT2D eigenvalue weighted by molar-refractivity contribution is 0.714. The van der Waals surface area contributed by atoms with Crippen LogP contribution in [0.25, 0.3) is 0 Å². The van der Waals surface area contributed by atoms with Gasteiger partial charge in [0.1, 0.15) is 0 Å². The molecule has 0 aromatic heterocycles. The summed E-state index contributed by atoms with van der Waals surface area (Å²) in [7, 11) is 0. The molecular formula is C10H14. The smallest absolute Gasteiger partial charge is 0.0159 e. The van der Waals surface area contributed by atoms with Gasteiger partial charge in [-0.05, 0) is 24.3 Å². The van der Waals surface area contributed by atoms with Crippen LogP contribution in [0.5, 0.6) is 0 Å². The van der Waals surface area contributed by atoms with Gasteiger partial charge in [0.2, 0.25) is 0 Å². The van der Waals surface area contributed by atoms with E-state index in [0.717, 1.165) is 12.8 Å². The Morgan fingerprint density at radius 2 is 2.60 bits per heavy atom. The second-order valence-electron chi connectivity index (χ2n) is 2.77. The Kier molecular flexibility index (Phi) is 2.49. The topological polar surface area (TPSA) is 0 Å². The van der Waals surface area contributed by atoms with Crippen molar-refractivity contribution >= 4 is 0 Å². The van der Waals surface area contributed by atoms with Crippen LogP contribution >= 0.6 is 0 Å². The molecule has 0 bridgehead atoms. The van der Waals surface area contributed by atoms with E-state index >= 15 is 0 Å². The number of hydrogen-bond donors (Lipinski definition) is 0. The molecule has 0 radical (unpaired) electrons. The van der Waals surface area contributed by atoms with Gasteiger partial charge >= 0.3 is 0 Å². The molecule has 10 heavy (non-hydrogen) atoms. The third kappa shape index (κ3) is 1.60. The molecule has 0 nitrogen and oxygen atoms in total. The standard InChI is InChI=1S/C10H14/c1-3-6-9(2)10-7-4-5-8-10/h3-4,7-9H,1,5-6H2,2H3. The Balaban J connectivity index is 2.47. The van der Waals surface area contributed by atoms with Crippen LogP contribution in [0.15, 0.2) is 36.5 Å². The molecule has 0 heteroatoms. The summed E-state index contributed by atoms with van der Waals surface area (Å²) in [4.78, 5) is 0. The van der Waals surface area contributed by atoms with Crippen LogP contribution in [0.2, 0.25) is 0 Å². The van der Waals surface area contributed by atoms with Gasteiger partial charge in [-0.15, -0.1) is 6.58 Å². The van der Waals surface area contributed by atoms with E-state index in [1.807, 2.05) is 6.08 Å². The molecule has 0 heterocycles. The second kappa shape index (κ2) is 3.40. The zero-order valence-corrected chi connectivity index (χ0v) is 6.51. The van der Waals surface area contributed by atoms with Crippen LogP contribution in [0, 0.1) is 5.92 Å². The average molecular weight is 134 g/mol. The van der Waals surface area contributed by atoms with Gasteiger partial charge in [-0.3, -0.25) is 0 Å². The van der Waals surface area contributed by atoms with Crippen molar-refractivity contribution in [2.45, 2.75) is 19.8 Å². The molecule has 0 spiro atoms. The van der Waals surface area contributed by atoms with Gasteiger partial charge in [0.25, 0.3) is 0 Å². The highest BCUT2D eigenvalue weighted by Gasteiger charge is 2.05. The van der Waals surface area contributed by atoms with Crippen molar-refractivity contribution in [1.29, 1.82) is 0 Å². The number of hydrogen-bond acceptors (Lipinski definition) is 0. The van der Waals surface area contributed by atoms with E-state index in [1.54, 1.807) is 0 Å². The maximum absolute atomic E-state index is 3.72. The van der Waals surface area contributed by atoms with Gasteiger partial charge < -0.3 is 0 Å². The molecule has 1 rings (SSSR count). The molecule has 0 aromatic carbocycles. The highest BCUT2D eigenvalue weighted by atomic mass is 14.1. The Hall–Kier alpha value is -0.780. The fourth-order valence-electron chi connectivity index (χ4n) is 1.23. The lowest BCUT2D eigenvalue weighted by Crippen LogP contribution is -1.92. The summed E-state index contributed by atoms with van der Waals surface area (Å²) in [5.74, 6) is 0.663. The van der Waals surface area contributed by atoms with E-state index in [1.165, 1.54) is 5.57 Å². The fraction of sp³-hybridized carbons (Fsp3) is 0.400. The summed E-state index contributed by atoms with van der Waals surface area (Å²) in [5.41, 5.74) is 1.47.